The molecule has 0 bridgehead atoms. The first-order valence-electron chi connectivity index (χ1n) is 23.5. The molecule has 0 spiro atoms. The van der Waals surface area contributed by atoms with Crippen molar-refractivity contribution in [2.45, 2.75) is 97.1 Å². The van der Waals surface area contributed by atoms with E-state index < -0.39 is 84.8 Å². The summed E-state index contributed by atoms with van der Waals surface area (Å²) in [5, 5.41) is 23.9. The monoisotopic (exact) mass is 978 g/mol. The predicted octanol–water partition coefficient (Wildman–Crippen LogP) is 1.63. The van der Waals surface area contributed by atoms with Crippen molar-refractivity contribution in [3.05, 3.63) is 110 Å². The zero-order chi connectivity index (χ0) is 50.9. The van der Waals surface area contributed by atoms with Crippen LogP contribution in [-0.2, 0) is 73.8 Å². The summed E-state index contributed by atoms with van der Waals surface area (Å²) in [5.74, 6) is -5.10. The van der Waals surface area contributed by atoms with Crippen LogP contribution < -0.4 is 32.1 Å². The van der Waals surface area contributed by atoms with E-state index in [4.69, 9.17) is 14.5 Å². The number of rotatable bonds is 19. The Bertz CT molecular complexity index is 2870. The van der Waals surface area contributed by atoms with E-state index in [0.717, 1.165) is 10.5 Å². The first-order chi connectivity index (χ1) is 34.2. The van der Waals surface area contributed by atoms with Crippen molar-refractivity contribution >= 4 is 58.2 Å². The standard InChI is InChI=1S/C48H49FN8O12.C2H6/c1-25-27-11-12-35(43-29-22-57-34(44(29)55-32(42(27)43)18-31(25)49)17-28-30(47(57)66)23-68-48(67)45(28)64)69-24-53-38(60)20-52-46(65)33(16-26-8-4-2-5-9-26)54-39(61)21-51-37(59)19-50-36(58)10-6-3-7-15-56-40(62)13-14-41(56)63;1-2/h2,4-5,8-9,13-14,17-18,33,35,45,64H,3,6-7,10-12,15-16,19-24H2,1H3,(H,50,58)(H,51,59)(H,52,65)(H,53,60)(H,54,61);1-2H3. The van der Waals surface area contributed by atoms with Crippen LogP contribution in [0.4, 0.5) is 4.39 Å². The summed E-state index contributed by atoms with van der Waals surface area (Å²) in [6.45, 7) is 4.02. The second-order valence-electron chi connectivity index (χ2n) is 17.1. The number of aromatic nitrogens is 2. The smallest absolute Gasteiger partial charge is 0.340 e. The van der Waals surface area contributed by atoms with Crippen molar-refractivity contribution in [1.82, 2.24) is 41.0 Å². The largest absolute Gasteiger partial charge is 0.458 e. The number of nitrogens with zero attached hydrogens (tertiary/aromatic N) is 3. The minimum atomic E-state index is -1.66. The van der Waals surface area contributed by atoms with Crippen molar-refractivity contribution < 1.29 is 57.3 Å². The Hall–Kier alpha value is -7.65. The lowest BCUT2D eigenvalue weighted by molar-refractivity contribution is -0.157. The van der Waals surface area contributed by atoms with Crippen LogP contribution in [0.25, 0.3) is 22.3 Å². The van der Waals surface area contributed by atoms with E-state index in [1.165, 1.54) is 28.9 Å². The zero-order valence-corrected chi connectivity index (χ0v) is 39.5. The van der Waals surface area contributed by atoms with Gasteiger partial charge in [-0.15, -0.1) is 0 Å². The number of aliphatic hydroxyl groups excluding tert-OH is 1. The fourth-order valence-corrected chi connectivity index (χ4v) is 9.00. The van der Waals surface area contributed by atoms with Crippen molar-refractivity contribution in [2.75, 3.05) is 32.9 Å². The quantitative estimate of drug-likeness (QED) is 0.0298. The van der Waals surface area contributed by atoms with E-state index >= 15 is 4.39 Å². The van der Waals surface area contributed by atoms with Gasteiger partial charge in [0.25, 0.3) is 17.4 Å². The highest BCUT2D eigenvalue weighted by atomic mass is 19.1. The van der Waals surface area contributed by atoms with E-state index in [0.29, 0.717) is 76.6 Å². The molecule has 1 aliphatic carbocycles. The fraction of sp³-hybridized carbons (Fsp3) is 0.400. The normalized spacial score (nSPS) is 16.5. The van der Waals surface area contributed by atoms with Gasteiger partial charge in [0.1, 0.15) is 25.2 Å². The third-order valence-electron chi connectivity index (χ3n) is 12.6. The van der Waals surface area contributed by atoms with E-state index in [9.17, 15) is 48.3 Å². The predicted molar refractivity (Wildman–Crippen MR) is 252 cm³/mol. The van der Waals surface area contributed by atoms with Gasteiger partial charge < -0.3 is 45.7 Å². The number of hydrogen-bond donors (Lipinski definition) is 6. The first kappa shape index (κ1) is 51.2. The van der Waals surface area contributed by atoms with Crippen molar-refractivity contribution in [3.63, 3.8) is 0 Å². The highest BCUT2D eigenvalue weighted by Gasteiger charge is 2.38. The summed E-state index contributed by atoms with van der Waals surface area (Å²) in [6, 6.07) is 10.5. The zero-order valence-electron chi connectivity index (χ0n) is 39.5. The molecule has 5 heterocycles. The molecule has 71 heavy (non-hydrogen) atoms. The van der Waals surface area contributed by atoms with Gasteiger partial charge in [-0.05, 0) is 60.9 Å². The summed E-state index contributed by atoms with van der Waals surface area (Å²) in [4.78, 5) is 119. The molecule has 4 aliphatic rings. The third-order valence-corrected chi connectivity index (χ3v) is 12.6. The van der Waals surface area contributed by atoms with E-state index in [1.807, 2.05) is 13.8 Å². The van der Waals surface area contributed by atoms with Crippen LogP contribution in [0.1, 0.15) is 97.1 Å². The van der Waals surface area contributed by atoms with Crippen molar-refractivity contribution in [3.8, 4) is 11.4 Å². The first-order valence-corrected chi connectivity index (χ1v) is 23.5. The van der Waals surface area contributed by atoms with Crippen LogP contribution in [0.5, 0.6) is 0 Å². The molecule has 374 valence electrons. The van der Waals surface area contributed by atoms with Gasteiger partial charge in [0.2, 0.25) is 29.5 Å². The lowest BCUT2D eigenvalue weighted by atomic mass is 9.83. The van der Waals surface area contributed by atoms with Gasteiger partial charge in [-0.1, -0.05) is 50.6 Å². The molecule has 7 amide bonds. The molecule has 21 heteroatoms. The molecule has 2 aromatic carbocycles. The SMILES string of the molecule is CC.Cc1c(F)cc2nc3c(c4c2c1CCC4OCNC(=O)CNC(=O)C(Cc1ccccc1)NC(=O)CNC(=O)CNC(=O)CCCCCN1C(=O)C=CC1=O)Cn1c-3cc2c(c1=O)COC(=O)C2O. The molecule has 6 N–H and O–H groups in total. The Balaban J connectivity index is 0.00000366. The Morgan fingerprint density at radius 2 is 1.55 bits per heavy atom. The van der Waals surface area contributed by atoms with E-state index in [1.54, 1.807) is 37.3 Å². The van der Waals surface area contributed by atoms with Crippen molar-refractivity contribution in [1.29, 1.82) is 0 Å². The van der Waals surface area contributed by atoms with Gasteiger partial charge in [-0.2, -0.15) is 0 Å². The Morgan fingerprint density at radius 3 is 2.30 bits per heavy atom. The van der Waals surface area contributed by atoms with Crippen LogP contribution in [0.15, 0.2) is 59.4 Å². The molecule has 3 atom stereocenters. The third kappa shape index (κ3) is 11.5. The number of aryl methyl sites for hydroxylation is 1. The lowest BCUT2D eigenvalue weighted by Gasteiger charge is -2.29. The molecule has 3 unspecified atom stereocenters. The molecule has 2 aromatic heterocycles. The topological polar surface area (TPSA) is 274 Å². The number of carbonyl (C=O) groups is 8. The summed E-state index contributed by atoms with van der Waals surface area (Å²) < 4.78 is 28.0. The molecule has 0 saturated carbocycles. The number of pyridine rings is 2. The van der Waals surface area contributed by atoms with E-state index in [2.05, 4.69) is 26.6 Å². The summed E-state index contributed by atoms with van der Waals surface area (Å²) >= 11 is 0. The number of benzene rings is 2. The van der Waals surface area contributed by atoms with Crippen LogP contribution in [0.3, 0.4) is 0 Å². The lowest BCUT2D eigenvalue weighted by Crippen LogP contribution is -2.52. The minimum Gasteiger partial charge on any atom is -0.458 e. The average molecular weight is 979 g/mol. The number of hydrogen-bond acceptors (Lipinski definition) is 13. The second-order valence-corrected chi connectivity index (χ2v) is 17.1. The minimum absolute atomic E-state index is 0.0526. The molecule has 0 radical (unpaired) electrons. The maximum absolute atomic E-state index is 15.3. The van der Waals surface area contributed by atoms with Gasteiger partial charge in [0.15, 0.2) is 6.10 Å². The van der Waals surface area contributed by atoms with Crippen LogP contribution in [-0.4, -0.2) is 106 Å². The molecule has 3 aliphatic heterocycles. The number of halogens is 1. The number of esters is 1. The summed E-state index contributed by atoms with van der Waals surface area (Å²) in [5.41, 5.74) is 4.07. The second kappa shape index (κ2) is 22.8. The number of carbonyl (C=O) groups excluding carboxylic acids is 8. The van der Waals surface area contributed by atoms with Crippen LogP contribution in [0.2, 0.25) is 0 Å². The molecule has 0 saturated heterocycles. The highest BCUT2D eigenvalue weighted by molar-refractivity contribution is 6.12. The number of fused-ring (bicyclic) bond motifs is 5. The molecule has 20 nitrogen and oxygen atoms in total. The number of unbranched alkanes of at least 4 members (excludes halogenated alkanes) is 2. The van der Waals surface area contributed by atoms with Gasteiger partial charge >= 0.3 is 5.97 Å². The molecule has 0 fully saturated rings. The Morgan fingerprint density at radius 1 is 0.859 bits per heavy atom. The maximum Gasteiger partial charge on any atom is 0.340 e. The number of cyclic esters (lactones) is 1. The number of aliphatic hydroxyl groups is 1. The number of amides is 7. The average Bonchev–Trinajstić information content (AvgIpc) is 3.90. The number of ether oxygens (including phenoxy) is 2. The van der Waals surface area contributed by atoms with E-state index in [-0.39, 0.29) is 62.2 Å². The Kier molecular flexibility index (Phi) is 16.5. The maximum atomic E-state index is 15.3. The molecular weight excluding hydrogens is 924 g/mol. The molecular formula is C50H55FN8O12. The van der Waals surface area contributed by atoms with Crippen molar-refractivity contribution in [2.24, 2.45) is 0 Å². The van der Waals surface area contributed by atoms with Crippen LogP contribution in [0, 0.1) is 12.7 Å². The molecule has 4 aromatic rings. The van der Waals surface area contributed by atoms with Gasteiger partial charge in [0, 0.05) is 54.1 Å². The number of imide groups is 1. The van der Waals surface area contributed by atoms with Crippen LogP contribution >= 0.6 is 0 Å². The van der Waals surface area contributed by atoms with Gasteiger partial charge in [-0.3, -0.25) is 43.3 Å². The van der Waals surface area contributed by atoms with Gasteiger partial charge in [-0.25, -0.2) is 14.2 Å². The summed E-state index contributed by atoms with van der Waals surface area (Å²) in [6.07, 6.45) is 2.68. The Labute approximate surface area is 406 Å². The van der Waals surface area contributed by atoms with Gasteiger partial charge in [0.05, 0.1) is 54.8 Å². The summed E-state index contributed by atoms with van der Waals surface area (Å²) in [7, 11) is 0. The number of nitrogens with one attached hydrogen (secondary N) is 5. The molecule has 8 rings (SSSR count). The fourth-order valence-electron chi connectivity index (χ4n) is 9.00. The highest BCUT2D eigenvalue weighted by Crippen LogP contribution is 2.46.